The van der Waals surface area contributed by atoms with Crippen LogP contribution < -0.4 is 5.32 Å². The van der Waals surface area contributed by atoms with Crippen LogP contribution in [0.1, 0.15) is 54.7 Å². The molecule has 6 nitrogen and oxygen atoms in total. The van der Waals surface area contributed by atoms with Gasteiger partial charge in [-0.25, -0.2) is 9.97 Å². The summed E-state index contributed by atoms with van der Waals surface area (Å²) in [6.07, 6.45) is 1.71. The molecule has 3 atom stereocenters. The summed E-state index contributed by atoms with van der Waals surface area (Å²) >= 11 is 0. The summed E-state index contributed by atoms with van der Waals surface area (Å²) in [5, 5.41) is 3.72. The van der Waals surface area contributed by atoms with Gasteiger partial charge in [-0.15, -0.1) is 0 Å². The summed E-state index contributed by atoms with van der Waals surface area (Å²) < 4.78 is 41.2. The van der Waals surface area contributed by atoms with Gasteiger partial charge in [0.2, 0.25) is 0 Å². The van der Waals surface area contributed by atoms with Crippen LogP contribution in [0.15, 0.2) is 49.1 Å². The second-order valence-corrected chi connectivity index (χ2v) is 8.19. The molecule has 0 bridgehead atoms. The van der Waals surface area contributed by atoms with Crippen LogP contribution in [0.3, 0.4) is 0 Å². The Hall–Kier alpha value is -2.94. The number of H-pyrrole nitrogens is 1. The Balaban J connectivity index is 1.49. The SMILES string of the molecule is CCN(C(=O)c1cc2ccccc2[nH]1)C1CCCC(N[C@H](c2cncnc2)C(F)(F)F)C1. The molecule has 32 heavy (non-hydrogen) atoms. The van der Waals surface area contributed by atoms with Crippen molar-refractivity contribution < 1.29 is 18.0 Å². The number of aromatic nitrogens is 3. The van der Waals surface area contributed by atoms with Crippen LogP contribution in [0.4, 0.5) is 13.2 Å². The molecule has 9 heteroatoms. The van der Waals surface area contributed by atoms with Gasteiger partial charge in [-0.2, -0.15) is 13.2 Å². The Morgan fingerprint density at radius 2 is 2.00 bits per heavy atom. The molecule has 0 aliphatic heterocycles. The van der Waals surface area contributed by atoms with Crippen LogP contribution in [0.25, 0.3) is 10.9 Å². The van der Waals surface area contributed by atoms with Gasteiger partial charge in [0.25, 0.3) is 5.91 Å². The zero-order chi connectivity index (χ0) is 22.7. The number of halogens is 3. The first-order valence-corrected chi connectivity index (χ1v) is 10.8. The van der Waals surface area contributed by atoms with E-state index in [0.717, 1.165) is 23.7 Å². The van der Waals surface area contributed by atoms with Gasteiger partial charge in [0.15, 0.2) is 0 Å². The maximum absolute atomic E-state index is 13.7. The van der Waals surface area contributed by atoms with Crippen molar-refractivity contribution in [3.63, 3.8) is 0 Å². The lowest BCUT2D eigenvalue weighted by Crippen LogP contribution is -2.49. The van der Waals surface area contributed by atoms with E-state index in [1.807, 2.05) is 37.3 Å². The molecule has 0 radical (unpaired) electrons. The number of para-hydroxylation sites is 1. The van der Waals surface area contributed by atoms with Crippen molar-refractivity contribution in [3.05, 3.63) is 60.3 Å². The van der Waals surface area contributed by atoms with E-state index in [1.165, 1.54) is 18.7 Å². The molecule has 2 N–H and O–H groups in total. The molecule has 2 heterocycles. The van der Waals surface area contributed by atoms with Gasteiger partial charge in [0.05, 0.1) is 0 Å². The van der Waals surface area contributed by atoms with E-state index in [2.05, 4.69) is 20.3 Å². The fourth-order valence-corrected chi connectivity index (χ4v) is 4.58. The van der Waals surface area contributed by atoms with E-state index >= 15 is 0 Å². The Labute approximate surface area is 184 Å². The van der Waals surface area contributed by atoms with Crippen LogP contribution >= 0.6 is 0 Å². The highest BCUT2D eigenvalue weighted by atomic mass is 19.4. The number of rotatable bonds is 6. The van der Waals surface area contributed by atoms with E-state index in [9.17, 15) is 18.0 Å². The van der Waals surface area contributed by atoms with E-state index in [4.69, 9.17) is 0 Å². The van der Waals surface area contributed by atoms with E-state index < -0.39 is 12.2 Å². The third kappa shape index (κ3) is 4.77. The summed E-state index contributed by atoms with van der Waals surface area (Å²) in [7, 11) is 0. The van der Waals surface area contributed by atoms with Crippen LogP contribution in [0.2, 0.25) is 0 Å². The predicted octanol–water partition coefficient (Wildman–Crippen LogP) is 4.62. The quantitative estimate of drug-likeness (QED) is 0.581. The summed E-state index contributed by atoms with van der Waals surface area (Å²) in [6, 6.07) is 7.14. The minimum Gasteiger partial charge on any atom is -0.351 e. The van der Waals surface area contributed by atoms with E-state index in [-0.39, 0.29) is 23.6 Å². The maximum Gasteiger partial charge on any atom is 0.408 e. The van der Waals surface area contributed by atoms with Gasteiger partial charge < -0.3 is 9.88 Å². The van der Waals surface area contributed by atoms with Crippen LogP contribution in [0.5, 0.6) is 0 Å². The summed E-state index contributed by atoms with van der Waals surface area (Å²) in [4.78, 5) is 25.6. The largest absolute Gasteiger partial charge is 0.408 e. The molecule has 1 aliphatic rings. The van der Waals surface area contributed by atoms with Crippen molar-refractivity contribution in [2.75, 3.05) is 6.54 Å². The van der Waals surface area contributed by atoms with Crippen molar-refractivity contribution in [2.24, 2.45) is 0 Å². The first-order chi connectivity index (χ1) is 15.4. The molecular weight excluding hydrogens is 419 g/mol. The highest BCUT2D eigenvalue weighted by Crippen LogP contribution is 2.35. The standard InChI is InChI=1S/C23H26F3N5O/c1-2-31(22(32)20-10-15-6-3-4-9-19(15)30-20)18-8-5-7-17(11-18)29-21(23(24,25)26)16-12-27-14-28-13-16/h3-4,6,9-10,12-14,17-18,21,29-30H,2,5,7-8,11H2,1H3/t17?,18?,21-/m1/s1. The van der Waals surface area contributed by atoms with Gasteiger partial charge in [-0.05, 0) is 44.7 Å². The van der Waals surface area contributed by atoms with Gasteiger partial charge in [0, 0.05) is 47.5 Å². The molecule has 4 rings (SSSR count). The lowest BCUT2D eigenvalue weighted by atomic mass is 9.88. The van der Waals surface area contributed by atoms with Crippen molar-refractivity contribution in [1.82, 2.24) is 25.2 Å². The summed E-state index contributed by atoms with van der Waals surface area (Å²) in [6.45, 7) is 2.39. The van der Waals surface area contributed by atoms with Crippen molar-refractivity contribution in [1.29, 1.82) is 0 Å². The highest BCUT2D eigenvalue weighted by molar-refractivity contribution is 5.98. The molecule has 1 aliphatic carbocycles. The second-order valence-electron chi connectivity index (χ2n) is 8.19. The Morgan fingerprint density at radius 3 is 2.69 bits per heavy atom. The van der Waals surface area contributed by atoms with Gasteiger partial charge in [-0.1, -0.05) is 18.2 Å². The number of benzene rings is 1. The number of aromatic amines is 1. The first-order valence-electron chi connectivity index (χ1n) is 10.8. The molecule has 1 fully saturated rings. The topological polar surface area (TPSA) is 73.9 Å². The maximum atomic E-state index is 13.7. The number of nitrogens with zero attached hydrogens (tertiary/aromatic N) is 3. The van der Waals surface area contributed by atoms with Crippen molar-refractivity contribution >= 4 is 16.8 Å². The molecule has 2 aromatic heterocycles. The molecule has 0 spiro atoms. The monoisotopic (exact) mass is 445 g/mol. The molecule has 170 valence electrons. The second kappa shape index (κ2) is 9.28. The first kappa shape index (κ1) is 22.3. The van der Waals surface area contributed by atoms with Gasteiger partial charge in [-0.3, -0.25) is 10.1 Å². The fraction of sp³-hybridized carbons (Fsp3) is 0.435. The van der Waals surface area contributed by atoms with Gasteiger partial charge in [0.1, 0.15) is 18.1 Å². The number of fused-ring (bicyclic) bond motifs is 1. The summed E-state index contributed by atoms with van der Waals surface area (Å²) in [5.74, 6) is -0.127. The minimum atomic E-state index is -4.47. The summed E-state index contributed by atoms with van der Waals surface area (Å²) in [5.41, 5.74) is 1.37. The normalized spacial score (nSPS) is 20.2. The third-order valence-electron chi connectivity index (χ3n) is 6.09. The Kier molecular flexibility index (Phi) is 6.45. The number of hydrogen-bond donors (Lipinski definition) is 2. The number of carbonyl (C=O) groups is 1. The molecule has 1 amide bonds. The molecular formula is C23H26F3N5O. The molecule has 3 aromatic rings. The lowest BCUT2D eigenvalue weighted by Gasteiger charge is -2.38. The fourth-order valence-electron chi connectivity index (χ4n) is 4.58. The average molecular weight is 445 g/mol. The zero-order valence-electron chi connectivity index (χ0n) is 17.8. The molecule has 1 saturated carbocycles. The number of amides is 1. The zero-order valence-corrected chi connectivity index (χ0v) is 17.8. The van der Waals surface area contributed by atoms with Crippen molar-refractivity contribution in [2.45, 2.75) is 56.9 Å². The Morgan fingerprint density at radius 1 is 1.25 bits per heavy atom. The Bertz CT molecular complexity index is 1020. The molecule has 2 unspecified atom stereocenters. The number of carbonyl (C=O) groups excluding carboxylic acids is 1. The van der Waals surface area contributed by atoms with Crippen molar-refractivity contribution in [3.8, 4) is 0 Å². The van der Waals surface area contributed by atoms with Crippen LogP contribution in [-0.2, 0) is 0 Å². The molecule has 1 aromatic carbocycles. The van der Waals surface area contributed by atoms with E-state index in [0.29, 0.717) is 25.1 Å². The third-order valence-corrected chi connectivity index (χ3v) is 6.09. The smallest absolute Gasteiger partial charge is 0.351 e. The highest BCUT2D eigenvalue weighted by Gasteiger charge is 2.43. The minimum absolute atomic E-state index is 0.0105. The van der Waals surface area contributed by atoms with Crippen LogP contribution in [0, 0.1) is 0 Å². The van der Waals surface area contributed by atoms with Crippen LogP contribution in [-0.4, -0.2) is 50.6 Å². The predicted molar refractivity (Wildman–Crippen MR) is 115 cm³/mol. The number of hydrogen-bond acceptors (Lipinski definition) is 4. The van der Waals surface area contributed by atoms with Gasteiger partial charge >= 0.3 is 6.18 Å². The van der Waals surface area contributed by atoms with E-state index in [1.54, 1.807) is 4.90 Å². The lowest BCUT2D eigenvalue weighted by molar-refractivity contribution is -0.160. The number of alkyl halides is 3. The average Bonchev–Trinajstić information content (AvgIpc) is 3.22. The molecule has 0 saturated heterocycles. The number of nitrogens with one attached hydrogen (secondary N) is 2.